The first-order chi connectivity index (χ1) is 12.4. The summed E-state index contributed by atoms with van der Waals surface area (Å²) in [7, 11) is 1.46. The molecule has 1 heterocycles. The number of anilines is 1. The maximum Gasteiger partial charge on any atom is 0.349 e. The Balaban J connectivity index is 1.97. The minimum Gasteiger partial charge on any atom is -0.495 e. The number of carbonyl (C=O) groups is 1. The number of halogens is 1. The monoisotopic (exact) mass is 374 g/mol. The third kappa shape index (κ3) is 3.35. The molecule has 26 heavy (non-hydrogen) atoms. The van der Waals surface area contributed by atoms with E-state index in [-0.39, 0.29) is 27.2 Å². The smallest absolute Gasteiger partial charge is 0.349 e. The van der Waals surface area contributed by atoms with Gasteiger partial charge in [-0.1, -0.05) is 11.6 Å². The Morgan fingerprint density at radius 3 is 2.65 bits per heavy atom. The minimum absolute atomic E-state index is 0.143. The summed E-state index contributed by atoms with van der Waals surface area (Å²) >= 11 is 6.00. The summed E-state index contributed by atoms with van der Waals surface area (Å²) in [5, 5.41) is 13.9. The Hall–Kier alpha value is -3.39. The molecule has 0 saturated carbocycles. The molecule has 1 aromatic heterocycles. The fourth-order valence-electron chi connectivity index (χ4n) is 2.33. The van der Waals surface area contributed by atoms with Gasteiger partial charge in [-0.3, -0.25) is 14.9 Å². The molecule has 0 fully saturated rings. The van der Waals surface area contributed by atoms with Gasteiger partial charge in [0, 0.05) is 23.2 Å². The van der Waals surface area contributed by atoms with Crippen molar-refractivity contribution in [2.75, 3.05) is 12.4 Å². The van der Waals surface area contributed by atoms with Gasteiger partial charge in [-0.2, -0.15) is 0 Å². The molecule has 0 aliphatic carbocycles. The second-order valence-electron chi connectivity index (χ2n) is 5.23. The Morgan fingerprint density at radius 1 is 1.23 bits per heavy atom. The molecule has 9 heteroatoms. The quantitative estimate of drug-likeness (QED) is 0.424. The highest BCUT2D eigenvalue weighted by Crippen LogP contribution is 2.27. The average molecular weight is 375 g/mol. The van der Waals surface area contributed by atoms with Crippen LogP contribution < -0.4 is 15.7 Å². The molecule has 1 N–H and O–H groups in total. The van der Waals surface area contributed by atoms with E-state index in [2.05, 4.69) is 5.32 Å². The Bertz CT molecular complexity index is 1090. The fourth-order valence-corrected chi connectivity index (χ4v) is 2.58. The molecule has 0 bridgehead atoms. The molecule has 3 aromatic rings. The van der Waals surface area contributed by atoms with Crippen molar-refractivity contribution in [3.63, 3.8) is 0 Å². The molecule has 0 atom stereocenters. The largest absolute Gasteiger partial charge is 0.495 e. The first kappa shape index (κ1) is 17.4. The number of nitro benzene ring substituents is 1. The van der Waals surface area contributed by atoms with Crippen LogP contribution in [-0.2, 0) is 0 Å². The number of nitrogens with one attached hydrogen (secondary N) is 1. The number of benzene rings is 2. The highest BCUT2D eigenvalue weighted by atomic mass is 35.5. The van der Waals surface area contributed by atoms with E-state index in [0.29, 0.717) is 11.4 Å². The van der Waals surface area contributed by atoms with Crippen LogP contribution in [0.5, 0.6) is 5.75 Å². The molecular formula is C17H11ClN2O6. The van der Waals surface area contributed by atoms with Crippen LogP contribution in [0.15, 0.2) is 51.7 Å². The number of rotatable bonds is 4. The van der Waals surface area contributed by atoms with Crippen molar-refractivity contribution in [2.24, 2.45) is 0 Å². The van der Waals surface area contributed by atoms with Crippen LogP contribution in [0, 0.1) is 10.1 Å². The van der Waals surface area contributed by atoms with Crippen LogP contribution >= 0.6 is 11.6 Å². The van der Waals surface area contributed by atoms with E-state index in [1.54, 1.807) is 12.1 Å². The van der Waals surface area contributed by atoms with Crippen LogP contribution in [0.3, 0.4) is 0 Å². The topological polar surface area (TPSA) is 112 Å². The van der Waals surface area contributed by atoms with Crippen molar-refractivity contribution in [3.05, 3.63) is 73.6 Å². The Morgan fingerprint density at radius 2 is 2.00 bits per heavy atom. The van der Waals surface area contributed by atoms with Gasteiger partial charge in [0.05, 0.1) is 17.1 Å². The van der Waals surface area contributed by atoms with Crippen LogP contribution in [0.2, 0.25) is 5.02 Å². The van der Waals surface area contributed by atoms with Crippen LogP contribution in [0.1, 0.15) is 10.4 Å². The molecule has 132 valence electrons. The summed E-state index contributed by atoms with van der Waals surface area (Å²) in [5.41, 5.74) is -0.836. The SMILES string of the molecule is COc1ccc(NC(=O)c2cc3cc([N+](=O)[O-])ccc3oc2=O)cc1Cl. The van der Waals surface area contributed by atoms with Crippen molar-refractivity contribution >= 4 is 39.9 Å². The van der Waals surface area contributed by atoms with Gasteiger partial charge in [0.15, 0.2) is 0 Å². The predicted octanol–water partition coefficient (Wildman–Crippen LogP) is 3.62. The lowest BCUT2D eigenvalue weighted by Crippen LogP contribution is -2.20. The third-order valence-electron chi connectivity index (χ3n) is 3.58. The van der Waals surface area contributed by atoms with E-state index in [0.717, 1.165) is 0 Å². The number of fused-ring (bicyclic) bond motifs is 1. The van der Waals surface area contributed by atoms with E-state index in [1.165, 1.54) is 37.4 Å². The lowest BCUT2D eigenvalue weighted by Gasteiger charge is -2.08. The Labute approximate surface area is 151 Å². The number of nitrogens with zero attached hydrogens (tertiary/aromatic N) is 1. The maximum atomic E-state index is 12.4. The van der Waals surface area contributed by atoms with Gasteiger partial charge < -0.3 is 14.5 Å². The zero-order valence-corrected chi connectivity index (χ0v) is 14.1. The zero-order valence-electron chi connectivity index (χ0n) is 13.3. The van der Waals surface area contributed by atoms with Crippen molar-refractivity contribution in [1.29, 1.82) is 0 Å². The second-order valence-corrected chi connectivity index (χ2v) is 5.64. The van der Waals surface area contributed by atoms with E-state index < -0.39 is 16.5 Å². The number of non-ortho nitro benzene ring substituents is 1. The van der Waals surface area contributed by atoms with Gasteiger partial charge in [-0.25, -0.2) is 4.79 Å². The fraction of sp³-hybridized carbons (Fsp3) is 0.0588. The molecule has 1 amide bonds. The molecule has 0 aliphatic rings. The van der Waals surface area contributed by atoms with Crippen molar-refractivity contribution in [3.8, 4) is 5.75 Å². The molecular weight excluding hydrogens is 364 g/mol. The molecule has 0 unspecified atom stereocenters. The maximum absolute atomic E-state index is 12.4. The minimum atomic E-state index is -0.858. The molecule has 3 rings (SSSR count). The highest BCUT2D eigenvalue weighted by Gasteiger charge is 2.16. The first-order valence-corrected chi connectivity index (χ1v) is 7.64. The van der Waals surface area contributed by atoms with Crippen LogP contribution in [-0.4, -0.2) is 17.9 Å². The summed E-state index contributed by atoms with van der Waals surface area (Å²) in [6.45, 7) is 0. The number of ether oxygens (including phenoxy) is 1. The standard InChI is InChI=1S/C17H11ClN2O6/c1-25-15-4-2-10(8-13(15)18)19-16(21)12-7-9-6-11(20(23)24)3-5-14(9)26-17(12)22/h2-8H,1H3,(H,19,21). The molecule has 8 nitrogen and oxygen atoms in total. The molecule has 0 saturated heterocycles. The van der Waals surface area contributed by atoms with E-state index in [1.807, 2.05) is 0 Å². The molecule has 2 aromatic carbocycles. The normalized spacial score (nSPS) is 10.5. The second kappa shape index (κ2) is 6.85. The zero-order chi connectivity index (χ0) is 18.8. The predicted molar refractivity (Wildman–Crippen MR) is 95.1 cm³/mol. The number of nitro groups is 1. The first-order valence-electron chi connectivity index (χ1n) is 7.26. The van der Waals surface area contributed by atoms with E-state index in [4.69, 9.17) is 20.8 Å². The van der Waals surface area contributed by atoms with Gasteiger partial charge in [-0.15, -0.1) is 0 Å². The van der Waals surface area contributed by atoms with E-state index in [9.17, 15) is 19.7 Å². The summed E-state index contributed by atoms with van der Waals surface area (Å²) in [5.74, 6) is -0.296. The van der Waals surface area contributed by atoms with Gasteiger partial charge in [0.2, 0.25) is 0 Å². The number of amides is 1. The lowest BCUT2D eigenvalue weighted by molar-refractivity contribution is -0.384. The lowest BCUT2D eigenvalue weighted by atomic mass is 10.1. The third-order valence-corrected chi connectivity index (χ3v) is 3.88. The summed E-state index contributed by atoms with van der Waals surface area (Å²) in [6.07, 6.45) is 0. The number of carbonyl (C=O) groups excluding carboxylic acids is 1. The average Bonchev–Trinajstić information content (AvgIpc) is 2.60. The number of hydrogen-bond acceptors (Lipinski definition) is 6. The van der Waals surface area contributed by atoms with Crippen molar-refractivity contribution < 1.29 is 18.9 Å². The van der Waals surface area contributed by atoms with Gasteiger partial charge in [0.25, 0.3) is 11.6 Å². The van der Waals surface area contributed by atoms with Crippen LogP contribution in [0.25, 0.3) is 11.0 Å². The highest BCUT2D eigenvalue weighted by molar-refractivity contribution is 6.32. The molecule has 0 aliphatic heterocycles. The van der Waals surface area contributed by atoms with E-state index >= 15 is 0 Å². The summed E-state index contributed by atoms with van der Waals surface area (Å²) < 4.78 is 10.1. The Kier molecular flexibility index (Phi) is 4.59. The molecule has 0 radical (unpaired) electrons. The van der Waals surface area contributed by atoms with Crippen LogP contribution in [0.4, 0.5) is 11.4 Å². The van der Waals surface area contributed by atoms with Gasteiger partial charge in [-0.05, 0) is 30.3 Å². The van der Waals surface area contributed by atoms with Gasteiger partial charge in [0.1, 0.15) is 16.9 Å². The molecule has 0 spiro atoms. The summed E-state index contributed by atoms with van der Waals surface area (Å²) in [4.78, 5) is 34.7. The van der Waals surface area contributed by atoms with Crippen molar-refractivity contribution in [1.82, 2.24) is 0 Å². The van der Waals surface area contributed by atoms with Gasteiger partial charge >= 0.3 is 5.63 Å². The number of methoxy groups -OCH3 is 1. The van der Waals surface area contributed by atoms with Crippen molar-refractivity contribution in [2.45, 2.75) is 0 Å². The summed E-state index contributed by atoms with van der Waals surface area (Å²) in [6, 6.07) is 9.56. The number of hydrogen-bond donors (Lipinski definition) is 1.